The number of piperazine rings is 1. The molecule has 12 heteroatoms. The van der Waals surface area contributed by atoms with E-state index >= 15 is 0 Å². The standard InChI is InChI=1S/C26H33N9O3/c1-4-20(8-7-19(2)37-17-16-36-3)33-12-9-32(10-13-33)11-14-34-24-21(18-28-34)25-29-23(22-6-5-15-38-22)31-35(25)26(27)30-24/h4-8,15,18H,2,9-14,16-17H2,1,3H3,(H2,27,30)/b8-7-,20-4+. The average Bonchev–Trinajstić information content (AvgIpc) is 3.68. The SMILES string of the molecule is C=C(/C=C\C(=C/C)N1CCN(CCn2ncc3c2nc(N)n2nc(-c4ccco4)nc32)CC1)OCCOC. The summed E-state index contributed by atoms with van der Waals surface area (Å²) >= 11 is 0. The fourth-order valence-electron chi connectivity index (χ4n) is 4.46. The van der Waals surface area contributed by atoms with Crippen molar-refractivity contribution in [2.45, 2.75) is 13.5 Å². The van der Waals surface area contributed by atoms with Crippen molar-refractivity contribution in [3.05, 3.63) is 60.9 Å². The summed E-state index contributed by atoms with van der Waals surface area (Å²) in [6.07, 6.45) is 9.43. The maximum Gasteiger partial charge on any atom is 0.225 e. The largest absolute Gasteiger partial charge is 0.492 e. The molecular formula is C26H33N9O3. The monoisotopic (exact) mass is 519 g/mol. The van der Waals surface area contributed by atoms with Crippen molar-refractivity contribution >= 4 is 22.6 Å². The lowest BCUT2D eigenvalue weighted by molar-refractivity contribution is 0.115. The van der Waals surface area contributed by atoms with E-state index in [1.54, 1.807) is 25.6 Å². The highest BCUT2D eigenvalue weighted by atomic mass is 16.5. The summed E-state index contributed by atoms with van der Waals surface area (Å²) in [7, 11) is 1.65. The molecule has 1 aliphatic heterocycles. The van der Waals surface area contributed by atoms with Crippen LogP contribution >= 0.6 is 0 Å². The minimum absolute atomic E-state index is 0.256. The summed E-state index contributed by atoms with van der Waals surface area (Å²) in [5.74, 6) is 1.91. The molecule has 200 valence electrons. The predicted octanol–water partition coefficient (Wildman–Crippen LogP) is 2.57. The van der Waals surface area contributed by atoms with Crippen LogP contribution in [-0.4, -0.2) is 92.2 Å². The highest BCUT2D eigenvalue weighted by Gasteiger charge is 2.20. The minimum atomic E-state index is 0.256. The lowest BCUT2D eigenvalue weighted by Crippen LogP contribution is -2.46. The van der Waals surface area contributed by atoms with E-state index in [9.17, 15) is 0 Å². The quantitative estimate of drug-likeness (QED) is 0.180. The van der Waals surface area contributed by atoms with E-state index in [2.05, 4.69) is 48.7 Å². The van der Waals surface area contributed by atoms with Crippen LogP contribution in [0.3, 0.4) is 0 Å². The van der Waals surface area contributed by atoms with Crippen molar-refractivity contribution in [1.29, 1.82) is 0 Å². The lowest BCUT2D eigenvalue weighted by Gasteiger charge is -2.36. The van der Waals surface area contributed by atoms with Crippen LogP contribution in [0, 0.1) is 0 Å². The molecule has 0 amide bonds. The number of nitrogens with zero attached hydrogens (tertiary/aromatic N) is 8. The number of fused-ring (bicyclic) bond motifs is 3. The first-order chi connectivity index (χ1) is 18.6. The van der Waals surface area contributed by atoms with Gasteiger partial charge in [0.2, 0.25) is 11.8 Å². The number of nitrogens with two attached hydrogens (primary N) is 1. The van der Waals surface area contributed by atoms with Gasteiger partial charge in [0, 0.05) is 45.5 Å². The number of hydrogen-bond acceptors (Lipinski definition) is 10. The second kappa shape index (κ2) is 11.5. The van der Waals surface area contributed by atoms with Crippen molar-refractivity contribution < 1.29 is 13.9 Å². The Bertz CT molecular complexity index is 1440. The molecule has 1 aliphatic rings. The van der Waals surface area contributed by atoms with Crippen molar-refractivity contribution in [3.63, 3.8) is 0 Å². The summed E-state index contributed by atoms with van der Waals surface area (Å²) in [5.41, 5.74) is 8.68. The third-order valence-electron chi connectivity index (χ3n) is 6.51. The van der Waals surface area contributed by atoms with Crippen molar-refractivity contribution in [2.24, 2.45) is 0 Å². The Hall–Kier alpha value is -4.16. The average molecular weight is 520 g/mol. The van der Waals surface area contributed by atoms with Crippen LogP contribution in [-0.2, 0) is 16.0 Å². The van der Waals surface area contributed by atoms with Crippen LogP contribution in [0.15, 0.2) is 65.3 Å². The summed E-state index contributed by atoms with van der Waals surface area (Å²) in [5, 5.41) is 9.82. The zero-order valence-corrected chi connectivity index (χ0v) is 21.8. The predicted molar refractivity (Wildman–Crippen MR) is 144 cm³/mol. The fraction of sp³-hybridized carbons (Fsp3) is 0.385. The molecule has 0 aromatic carbocycles. The Labute approximate surface area is 220 Å². The van der Waals surface area contributed by atoms with E-state index in [4.69, 9.17) is 19.6 Å². The molecule has 0 spiro atoms. The Morgan fingerprint density at radius 2 is 1.97 bits per heavy atom. The van der Waals surface area contributed by atoms with Gasteiger partial charge < -0.3 is 24.5 Å². The van der Waals surface area contributed by atoms with Gasteiger partial charge in [-0.1, -0.05) is 12.7 Å². The number of anilines is 1. The molecule has 0 aliphatic carbocycles. The number of rotatable bonds is 11. The second-order valence-corrected chi connectivity index (χ2v) is 8.91. The number of aromatic nitrogens is 6. The molecule has 5 rings (SSSR count). The van der Waals surface area contributed by atoms with Gasteiger partial charge in [0.15, 0.2) is 17.1 Å². The van der Waals surface area contributed by atoms with Crippen LogP contribution < -0.4 is 5.73 Å². The summed E-state index contributed by atoms with van der Waals surface area (Å²) in [6.45, 7) is 12.3. The van der Waals surface area contributed by atoms with Crippen LogP contribution in [0.4, 0.5) is 5.95 Å². The summed E-state index contributed by atoms with van der Waals surface area (Å²) in [6, 6.07) is 3.60. The molecule has 4 aromatic heterocycles. The topological polar surface area (TPSA) is 125 Å². The van der Waals surface area contributed by atoms with Crippen LogP contribution in [0.25, 0.3) is 28.3 Å². The highest BCUT2D eigenvalue weighted by Crippen LogP contribution is 2.23. The van der Waals surface area contributed by atoms with Crippen LogP contribution in [0.2, 0.25) is 0 Å². The Balaban J connectivity index is 1.19. The summed E-state index contributed by atoms with van der Waals surface area (Å²) < 4.78 is 19.4. The van der Waals surface area contributed by atoms with Gasteiger partial charge in [-0.3, -0.25) is 4.90 Å². The highest BCUT2D eigenvalue weighted by molar-refractivity contribution is 5.90. The van der Waals surface area contributed by atoms with Crippen molar-refractivity contribution in [1.82, 2.24) is 39.2 Å². The van der Waals surface area contributed by atoms with Gasteiger partial charge in [-0.15, -0.1) is 5.10 Å². The molecule has 38 heavy (non-hydrogen) atoms. The number of hydrogen-bond donors (Lipinski definition) is 1. The van der Waals surface area contributed by atoms with Gasteiger partial charge in [0.25, 0.3) is 0 Å². The Morgan fingerprint density at radius 1 is 1.13 bits per heavy atom. The van der Waals surface area contributed by atoms with E-state index in [1.807, 2.05) is 23.7 Å². The third-order valence-corrected chi connectivity index (χ3v) is 6.51. The van der Waals surface area contributed by atoms with Crippen molar-refractivity contribution in [3.8, 4) is 11.6 Å². The zero-order chi connectivity index (χ0) is 26.5. The van der Waals surface area contributed by atoms with E-state index in [0.29, 0.717) is 48.4 Å². The van der Waals surface area contributed by atoms with Gasteiger partial charge in [0.1, 0.15) is 12.4 Å². The third kappa shape index (κ3) is 5.41. The smallest absolute Gasteiger partial charge is 0.225 e. The molecule has 0 atom stereocenters. The fourth-order valence-corrected chi connectivity index (χ4v) is 4.46. The molecule has 0 saturated carbocycles. The number of nitrogen functional groups attached to an aromatic ring is 1. The molecule has 0 unspecified atom stereocenters. The molecule has 2 N–H and O–H groups in total. The molecule has 1 saturated heterocycles. The van der Waals surface area contributed by atoms with Gasteiger partial charge in [-0.25, -0.2) is 9.67 Å². The number of allylic oxidation sites excluding steroid dienone is 3. The van der Waals surface area contributed by atoms with Crippen LogP contribution in [0.5, 0.6) is 0 Å². The van der Waals surface area contributed by atoms with Gasteiger partial charge in [-0.05, 0) is 31.2 Å². The molecule has 1 fully saturated rings. The number of methoxy groups -OCH3 is 1. The van der Waals surface area contributed by atoms with E-state index < -0.39 is 0 Å². The van der Waals surface area contributed by atoms with E-state index in [-0.39, 0.29) is 5.95 Å². The molecule has 12 nitrogen and oxygen atoms in total. The maximum absolute atomic E-state index is 6.22. The molecule has 0 bridgehead atoms. The number of furan rings is 1. The molecular weight excluding hydrogens is 486 g/mol. The van der Waals surface area contributed by atoms with Gasteiger partial charge in [0.05, 0.1) is 31.0 Å². The van der Waals surface area contributed by atoms with Gasteiger partial charge >= 0.3 is 0 Å². The van der Waals surface area contributed by atoms with E-state index in [1.165, 1.54) is 4.52 Å². The molecule has 5 heterocycles. The first-order valence-corrected chi connectivity index (χ1v) is 12.6. The maximum atomic E-state index is 6.22. The Morgan fingerprint density at radius 3 is 2.71 bits per heavy atom. The molecule has 4 aromatic rings. The van der Waals surface area contributed by atoms with Crippen molar-refractivity contribution in [2.75, 3.05) is 58.8 Å². The van der Waals surface area contributed by atoms with Gasteiger partial charge in [-0.2, -0.15) is 14.6 Å². The lowest BCUT2D eigenvalue weighted by atomic mass is 10.2. The second-order valence-electron chi connectivity index (χ2n) is 8.91. The van der Waals surface area contributed by atoms with Crippen LogP contribution in [0.1, 0.15) is 6.92 Å². The minimum Gasteiger partial charge on any atom is -0.492 e. The zero-order valence-electron chi connectivity index (χ0n) is 21.8. The Kier molecular flexibility index (Phi) is 7.70. The first-order valence-electron chi connectivity index (χ1n) is 12.6. The molecule has 0 radical (unpaired) electrons. The normalized spacial score (nSPS) is 15.3. The van der Waals surface area contributed by atoms with E-state index in [0.717, 1.165) is 43.8 Å². The first kappa shape index (κ1) is 25.5. The summed E-state index contributed by atoms with van der Waals surface area (Å²) in [4.78, 5) is 14.0. The number of ether oxygens (including phenoxy) is 2.